The molecule has 18 heavy (non-hydrogen) atoms. The standard InChI is InChI=1S/C11H13F2NO3S/c12-8-3-1-4-9(13)10(8)18(16,17)14-11(7-15)5-2-6-11/h1,3-4,14-15H,2,5-7H2. The van der Waals surface area contributed by atoms with Crippen LogP contribution in [0.3, 0.4) is 0 Å². The molecule has 2 N–H and O–H groups in total. The van der Waals surface area contributed by atoms with Crippen molar-refractivity contribution in [2.24, 2.45) is 0 Å². The number of hydrogen-bond donors (Lipinski definition) is 2. The zero-order valence-electron chi connectivity index (χ0n) is 9.49. The maximum absolute atomic E-state index is 13.4. The Labute approximate surface area is 104 Å². The van der Waals surface area contributed by atoms with Gasteiger partial charge in [-0.25, -0.2) is 21.9 Å². The van der Waals surface area contributed by atoms with E-state index in [1.54, 1.807) is 0 Å². The third-order valence-corrected chi connectivity index (χ3v) is 4.78. The molecule has 1 aromatic rings. The second-order valence-corrected chi connectivity index (χ2v) is 6.07. The van der Waals surface area contributed by atoms with Gasteiger partial charge in [-0.3, -0.25) is 0 Å². The van der Waals surface area contributed by atoms with Gasteiger partial charge >= 0.3 is 0 Å². The molecule has 1 aliphatic carbocycles. The van der Waals surface area contributed by atoms with E-state index in [9.17, 15) is 22.3 Å². The highest BCUT2D eigenvalue weighted by atomic mass is 32.2. The topological polar surface area (TPSA) is 66.4 Å². The van der Waals surface area contributed by atoms with Crippen molar-refractivity contribution in [2.75, 3.05) is 6.61 Å². The summed E-state index contributed by atoms with van der Waals surface area (Å²) in [6.07, 6.45) is 1.68. The van der Waals surface area contributed by atoms with E-state index < -0.39 is 32.1 Å². The first-order valence-corrected chi connectivity index (χ1v) is 6.97. The largest absolute Gasteiger partial charge is 0.394 e. The Morgan fingerprint density at radius 3 is 2.22 bits per heavy atom. The number of sulfonamides is 1. The molecule has 4 nitrogen and oxygen atoms in total. The van der Waals surface area contributed by atoms with Crippen LogP contribution >= 0.6 is 0 Å². The normalized spacial score (nSPS) is 18.4. The molecular weight excluding hydrogens is 264 g/mol. The molecule has 0 amide bonds. The lowest BCUT2D eigenvalue weighted by Crippen LogP contribution is -2.56. The first-order chi connectivity index (χ1) is 8.40. The fraction of sp³-hybridized carbons (Fsp3) is 0.455. The lowest BCUT2D eigenvalue weighted by atomic mass is 9.78. The van der Waals surface area contributed by atoms with Crippen molar-refractivity contribution >= 4 is 10.0 Å². The average molecular weight is 277 g/mol. The maximum atomic E-state index is 13.4. The smallest absolute Gasteiger partial charge is 0.247 e. The van der Waals surface area contributed by atoms with E-state index in [-0.39, 0.29) is 6.61 Å². The molecule has 1 fully saturated rings. The van der Waals surface area contributed by atoms with Crippen molar-refractivity contribution in [3.63, 3.8) is 0 Å². The van der Waals surface area contributed by atoms with Crippen LogP contribution in [-0.2, 0) is 10.0 Å². The summed E-state index contributed by atoms with van der Waals surface area (Å²) in [5.74, 6) is -2.29. The molecule has 0 bridgehead atoms. The summed E-state index contributed by atoms with van der Waals surface area (Å²) in [6, 6.07) is 2.85. The van der Waals surface area contributed by atoms with E-state index in [1.165, 1.54) is 0 Å². The highest BCUT2D eigenvalue weighted by Gasteiger charge is 2.41. The Morgan fingerprint density at radius 1 is 1.28 bits per heavy atom. The molecule has 100 valence electrons. The summed E-state index contributed by atoms with van der Waals surface area (Å²) in [4.78, 5) is -0.996. The Bertz CT molecular complexity index is 530. The molecule has 1 aliphatic rings. The lowest BCUT2D eigenvalue weighted by Gasteiger charge is -2.40. The monoisotopic (exact) mass is 277 g/mol. The van der Waals surface area contributed by atoms with Crippen LogP contribution < -0.4 is 4.72 Å². The molecule has 0 heterocycles. The molecule has 0 aromatic heterocycles. The molecule has 0 saturated heterocycles. The van der Waals surface area contributed by atoms with Crippen molar-refractivity contribution in [3.05, 3.63) is 29.8 Å². The van der Waals surface area contributed by atoms with Crippen LogP contribution in [0.15, 0.2) is 23.1 Å². The van der Waals surface area contributed by atoms with Gasteiger partial charge in [0.2, 0.25) is 10.0 Å². The third kappa shape index (κ3) is 2.25. The zero-order valence-corrected chi connectivity index (χ0v) is 10.3. The summed E-state index contributed by atoms with van der Waals surface area (Å²) in [7, 11) is -4.31. The molecule has 0 unspecified atom stereocenters. The van der Waals surface area contributed by atoms with E-state index in [4.69, 9.17) is 0 Å². The van der Waals surface area contributed by atoms with E-state index in [1.807, 2.05) is 0 Å². The first kappa shape index (κ1) is 13.4. The van der Waals surface area contributed by atoms with Crippen LogP contribution in [0, 0.1) is 11.6 Å². The summed E-state index contributed by atoms with van der Waals surface area (Å²) in [6.45, 7) is -0.387. The fourth-order valence-corrected chi connectivity index (χ4v) is 3.56. The predicted molar refractivity (Wildman–Crippen MR) is 60.3 cm³/mol. The van der Waals surface area contributed by atoms with Gasteiger partial charge in [0.05, 0.1) is 12.1 Å². The van der Waals surface area contributed by atoms with Crippen LogP contribution in [0.5, 0.6) is 0 Å². The minimum atomic E-state index is -4.31. The molecular formula is C11H13F2NO3S. The second-order valence-electron chi connectivity index (χ2n) is 4.45. The van der Waals surface area contributed by atoms with Crippen LogP contribution in [0.4, 0.5) is 8.78 Å². The quantitative estimate of drug-likeness (QED) is 0.868. The lowest BCUT2D eigenvalue weighted by molar-refractivity contribution is 0.110. The van der Waals surface area contributed by atoms with Crippen LogP contribution in [0.2, 0.25) is 0 Å². The Hall–Kier alpha value is -1.05. The van der Waals surface area contributed by atoms with Crippen molar-refractivity contribution in [1.29, 1.82) is 0 Å². The maximum Gasteiger partial charge on any atom is 0.247 e. The molecule has 0 aliphatic heterocycles. The number of aliphatic hydroxyl groups excluding tert-OH is 1. The summed E-state index contributed by atoms with van der Waals surface area (Å²) >= 11 is 0. The molecule has 1 aromatic carbocycles. The third-order valence-electron chi connectivity index (χ3n) is 3.15. The molecule has 0 spiro atoms. The Kier molecular flexibility index (Phi) is 3.39. The van der Waals surface area contributed by atoms with E-state index in [2.05, 4.69) is 4.72 Å². The van der Waals surface area contributed by atoms with Gasteiger partial charge in [0.15, 0.2) is 4.90 Å². The molecule has 2 rings (SSSR count). The number of benzene rings is 1. The Morgan fingerprint density at radius 2 is 1.83 bits per heavy atom. The summed E-state index contributed by atoms with van der Waals surface area (Å²) < 4.78 is 52.9. The number of hydrogen-bond acceptors (Lipinski definition) is 3. The number of aliphatic hydroxyl groups is 1. The SMILES string of the molecule is O=S(=O)(NC1(CO)CCC1)c1c(F)cccc1F. The molecule has 0 atom stereocenters. The van der Waals surface area contributed by atoms with Gasteiger partial charge in [0, 0.05) is 0 Å². The second kappa shape index (κ2) is 4.56. The summed E-state index contributed by atoms with van der Waals surface area (Å²) in [5, 5.41) is 9.17. The first-order valence-electron chi connectivity index (χ1n) is 5.49. The highest BCUT2D eigenvalue weighted by Crippen LogP contribution is 2.33. The van der Waals surface area contributed by atoms with E-state index in [0.29, 0.717) is 12.8 Å². The van der Waals surface area contributed by atoms with E-state index in [0.717, 1.165) is 24.6 Å². The highest BCUT2D eigenvalue weighted by molar-refractivity contribution is 7.89. The number of nitrogens with one attached hydrogen (secondary N) is 1. The Balaban J connectivity index is 2.37. The average Bonchev–Trinajstić information content (AvgIpc) is 2.23. The van der Waals surface area contributed by atoms with Crippen molar-refractivity contribution in [3.8, 4) is 0 Å². The summed E-state index contributed by atoms with van der Waals surface area (Å²) in [5.41, 5.74) is -0.979. The van der Waals surface area contributed by atoms with Gasteiger partial charge < -0.3 is 5.11 Å². The van der Waals surface area contributed by atoms with Gasteiger partial charge in [-0.15, -0.1) is 0 Å². The molecule has 7 heteroatoms. The number of rotatable bonds is 4. The van der Waals surface area contributed by atoms with E-state index >= 15 is 0 Å². The van der Waals surface area contributed by atoms with Crippen LogP contribution in [0.25, 0.3) is 0 Å². The van der Waals surface area contributed by atoms with Gasteiger partial charge in [-0.2, -0.15) is 0 Å². The minimum absolute atomic E-state index is 0.387. The van der Waals surface area contributed by atoms with Crippen LogP contribution in [-0.4, -0.2) is 25.7 Å². The molecule has 0 radical (unpaired) electrons. The van der Waals surface area contributed by atoms with Crippen LogP contribution in [0.1, 0.15) is 19.3 Å². The van der Waals surface area contributed by atoms with Gasteiger partial charge in [0.25, 0.3) is 0 Å². The number of halogens is 2. The van der Waals surface area contributed by atoms with Gasteiger partial charge in [-0.05, 0) is 31.4 Å². The van der Waals surface area contributed by atoms with Crippen molar-refractivity contribution < 1.29 is 22.3 Å². The predicted octanol–water partition coefficient (Wildman–Crippen LogP) is 1.16. The molecule has 1 saturated carbocycles. The van der Waals surface area contributed by atoms with Gasteiger partial charge in [-0.1, -0.05) is 6.07 Å². The minimum Gasteiger partial charge on any atom is -0.394 e. The zero-order chi connectivity index (χ0) is 13.4. The fourth-order valence-electron chi connectivity index (χ4n) is 1.97. The van der Waals surface area contributed by atoms with Crippen molar-refractivity contribution in [1.82, 2.24) is 4.72 Å². The van der Waals surface area contributed by atoms with Crippen molar-refractivity contribution in [2.45, 2.75) is 29.7 Å². The van der Waals surface area contributed by atoms with Gasteiger partial charge in [0.1, 0.15) is 11.6 Å².